The number of hydrogen-bond donors (Lipinski definition) is 1. The van der Waals surface area contributed by atoms with E-state index in [1.54, 1.807) is 0 Å². The summed E-state index contributed by atoms with van der Waals surface area (Å²) in [5, 5.41) is 3.20. The van der Waals surface area contributed by atoms with Gasteiger partial charge in [0.25, 0.3) is 0 Å². The van der Waals surface area contributed by atoms with Crippen LogP contribution in [0, 0.1) is 6.92 Å². The monoisotopic (exact) mass is 803 g/mol. The van der Waals surface area contributed by atoms with Crippen LogP contribution >= 0.6 is 11.8 Å². The van der Waals surface area contributed by atoms with E-state index in [1.165, 1.54) is 25.6 Å². The van der Waals surface area contributed by atoms with Gasteiger partial charge in [-0.3, -0.25) is 9.59 Å². The topological polar surface area (TPSA) is 102 Å². The lowest BCUT2D eigenvalue weighted by atomic mass is 9.89. The van der Waals surface area contributed by atoms with Crippen molar-refractivity contribution in [2.45, 2.75) is 93.9 Å². The Bertz CT molecular complexity index is 1970. The van der Waals surface area contributed by atoms with Crippen molar-refractivity contribution in [3.63, 3.8) is 0 Å². The molecule has 5 aromatic carbocycles. The highest BCUT2D eigenvalue weighted by Crippen LogP contribution is 2.45. The molecule has 0 spiro atoms. The third-order valence-electron chi connectivity index (χ3n) is 9.79. The molecule has 1 amide bonds. The molecule has 5 aromatic rings. The van der Waals surface area contributed by atoms with Gasteiger partial charge in [0.1, 0.15) is 24.9 Å². The third-order valence-corrected chi connectivity index (χ3v) is 11.1. The Labute approximate surface area is 346 Å². The molecule has 0 aromatic heterocycles. The van der Waals surface area contributed by atoms with Crippen LogP contribution in [-0.4, -0.2) is 60.5 Å². The molecule has 1 heterocycles. The van der Waals surface area contributed by atoms with E-state index in [1.807, 2.05) is 153 Å². The van der Waals surface area contributed by atoms with Crippen LogP contribution in [0.4, 0.5) is 0 Å². The molecule has 304 valence electrons. The number of amides is 1. The number of aryl methyl sites for hydroxylation is 1. The average Bonchev–Trinajstić information content (AvgIpc) is 3.24. The molecule has 10 heteroatoms. The van der Waals surface area contributed by atoms with Gasteiger partial charge in [-0.25, -0.2) is 0 Å². The van der Waals surface area contributed by atoms with Crippen molar-refractivity contribution in [2.75, 3.05) is 13.2 Å². The maximum atomic E-state index is 13.2. The first-order valence-corrected chi connectivity index (χ1v) is 20.5. The lowest BCUT2D eigenvalue weighted by Gasteiger charge is -2.50. The molecule has 1 fully saturated rings. The third kappa shape index (κ3) is 13.1. The second-order valence-electron chi connectivity index (χ2n) is 14.6. The van der Waals surface area contributed by atoms with Gasteiger partial charge >= 0.3 is 5.97 Å². The lowest BCUT2D eigenvalue weighted by molar-refractivity contribution is -0.232. The minimum absolute atomic E-state index is 0.0825. The van der Waals surface area contributed by atoms with Crippen molar-refractivity contribution in [3.8, 4) is 0 Å². The van der Waals surface area contributed by atoms with Crippen LogP contribution in [0.2, 0.25) is 0 Å². The van der Waals surface area contributed by atoms with Crippen molar-refractivity contribution >= 4 is 23.6 Å². The second-order valence-corrected chi connectivity index (χ2v) is 16.0. The van der Waals surface area contributed by atoms with Crippen molar-refractivity contribution in [3.05, 3.63) is 173 Å². The van der Waals surface area contributed by atoms with Gasteiger partial charge in [-0.1, -0.05) is 151 Å². The summed E-state index contributed by atoms with van der Waals surface area (Å²) in [7, 11) is 0. The van der Waals surface area contributed by atoms with E-state index < -0.39 is 41.4 Å². The van der Waals surface area contributed by atoms with Crippen LogP contribution in [0.1, 0.15) is 48.1 Å². The van der Waals surface area contributed by atoms with Gasteiger partial charge in [-0.15, -0.1) is 0 Å². The summed E-state index contributed by atoms with van der Waals surface area (Å²) in [5.41, 5.74) is 5.02. The highest BCUT2D eigenvalue weighted by Gasteiger charge is 2.54. The predicted molar refractivity (Wildman–Crippen MR) is 225 cm³/mol. The van der Waals surface area contributed by atoms with E-state index in [4.69, 9.17) is 28.4 Å². The molecule has 6 rings (SSSR count). The van der Waals surface area contributed by atoms with Gasteiger partial charge < -0.3 is 33.7 Å². The number of hydrogen-bond acceptors (Lipinski definition) is 9. The maximum absolute atomic E-state index is 13.2. The quantitative estimate of drug-likeness (QED) is 0.0776. The molecule has 0 bridgehead atoms. The molecule has 1 aliphatic heterocycles. The lowest BCUT2D eigenvalue weighted by Crippen LogP contribution is -2.66. The highest BCUT2D eigenvalue weighted by atomic mass is 32.2. The Hall–Kier alpha value is -4.81. The minimum Gasteiger partial charge on any atom is -0.462 e. The van der Waals surface area contributed by atoms with Crippen LogP contribution in [0.15, 0.2) is 150 Å². The average molecular weight is 804 g/mol. The molecule has 9 nitrogen and oxygen atoms in total. The summed E-state index contributed by atoms with van der Waals surface area (Å²) >= 11 is 1.46. The fourth-order valence-corrected chi connectivity index (χ4v) is 8.15. The van der Waals surface area contributed by atoms with Crippen molar-refractivity contribution in [1.82, 2.24) is 5.32 Å². The number of benzene rings is 5. The molecule has 0 saturated carbocycles. The van der Waals surface area contributed by atoms with E-state index in [0.29, 0.717) is 6.61 Å². The van der Waals surface area contributed by atoms with Crippen LogP contribution in [0.5, 0.6) is 0 Å². The van der Waals surface area contributed by atoms with Gasteiger partial charge in [0.15, 0.2) is 4.93 Å². The van der Waals surface area contributed by atoms with Gasteiger partial charge in [-0.2, -0.15) is 0 Å². The summed E-state index contributed by atoms with van der Waals surface area (Å²) in [6.45, 7) is 6.08. The zero-order chi connectivity index (χ0) is 40.6. The van der Waals surface area contributed by atoms with E-state index in [2.05, 4.69) is 5.32 Å². The van der Waals surface area contributed by atoms with Crippen LogP contribution in [-0.2, 0) is 64.4 Å². The number of thioether (sulfide) groups is 1. The van der Waals surface area contributed by atoms with Gasteiger partial charge in [0, 0.05) is 25.2 Å². The summed E-state index contributed by atoms with van der Waals surface area (Å²) in [4.78, 5) is 25.5. The summed E-state index contributed by atoms with van der Waals surface area (Å²) in [6, 6.07) is 47.1. The first kappa shape index (κ1) is 42.8. The zero-order valence-electron chi connectivity index (χ0n) is 33.4. The van der Waals surface area contributed by atoms with Crippen molar-refractivity contribution in [2.24, 2.45) is 0 Å². The largest absolute Gasteiger partial charge is 0.462 e. The zero-order valence-corrected chi connectivity index (χ0v) is 34.2. The highest BCUT2D eigenvalue weighted by molar-refractivity contribution is 8.00. The first-order chi connectivity index (χ1) is 28.2. The summed E-state index contributed by atoms with van der Waals surface area (Å²) in [6.07, 6.45) is -2.73. The van der Waals surface area contributed by atoms with Crippen LogP contribution < -0.4 is 5.32 Å². The fourth-order valence-electron chi connectivity index (χ4n) is 6.92. The van der Waals surface area contributed by atoms with Gasteiger partial charge in [0.05, 0.1) is 45.2 Å². The van der Waals surface area contributed by atoms with Crippen molar-refractivity contribution in [1.29, 1.82) is 0 Å². The Morgan fingerprint density at radius 3 is 1.76 bits per heavy atom. The number of nitrogens with one attached hydrogen (secondary N) is 1. The van der Waals surface area contributed by atoms with Gasteiger partial charge in [0.2, 0.25) is 5.91 Å². The molecule has 0 radical (unpaired) electrons. The van der Waals surface area contributed by atoms with Crippen LogP contribution in [0.3, 0.4) is 0 Å². The Kier molecular flexibility index (Phi) is 16.1. The van der Waals surface area contributed by atoms with Gasteiger partial charge in [-0.05, 0) is 41.3 Å². The molecule has 1 aliphatic rings. The van der Waals surface area contributed by atoms with E-state index >= 15 is 0 Å². The summed E-state index contributed by atoms with van der Waals surface area (Å²) < 4.78 is 40.2. The Morgan fingerprint density at radius 2 is 1.22 bits per heavy atom. The number of carbonyl (C=O) groups is 2. The smallest absolute Gasteiger partial charge is 0.302 e. The van der Waals surface area contributed by atoms with E-state index in [0.717, 1.165) is 32.7 Å². The molecule has 1 N–H and O–H groups in total. The predicted octanol–water partition coefficient (Wildman–Crippen LogP) is 8.61. The standard InChI is InChI=1S/C48H53NO8S/c1-35-24-26-42(27-25-35)58-48(34-56-37(3)51)28-43(53-30-39-18-10-5-11-19-39)45(49-36(2)50)47(57-48)46(55-32-41-22-14-7-15-23-41)44(54-31-40-20-12-6-13-21-40)33-52-29-38-16-8-4-9-17-38/h4-27,43-47H,28-34H2,1-3H3,(H,49,50)/t43-,44+,45+,46+,47+,48?/m0/s1. The number of carbonyl (C=O) groups excluding carboxylic acids is 2. The normalized spacial score (nSPS) is 20.2. The molecule has 1 unspecified atom stereocenters. The second kappa shape index (κ2) is 21.8. The summed E-state index contributed by atoms with van der Waals surface area (Å²) in [5.74, 6) is -0.695. The van der Waals surface area contributed by atoms with Crippen LogP contribution in [0.25, 0.3) is 0 Å². The number of esters is 1. The molecular formula is C48H53NO8S. The first-order valence-electron chi connectivity index (χ1n) is 19.7. The van der Waals surface area contributed by atoms with E-state index in [9.17, 15) is 9.59 Å². The number of ether oxygens (including phenoxy) is 6. The molecule has 0 aliphatic carbocycles. The number of rotatable bonds is 20. The van der Waals surface area contributed by atoms with Crippen molar-refractivity contribution < 1.29 is 38.0 Å². The maximum Gasteiger partial charge on any atom is 0.302 e. The van der Waals surface area contributed by atoms with E-state index in [-0.39, 0.29) is 45.4 Å². The SMILES string of the molecule is CC(=O)N[C@H]1[C@H]([C@H](OCc2ccccc2)[C@@H](COCc2ccccc2)OCc2ccccc2)OC(COC(C)=O)(Sc2ccc(C)cc2)C[C@@H]1OCc1ccccc1. The molecule has 58 heavy (non-hydrogen) atoms. The molecular weight excluding hydrogens is 751 g/mol. The Morgan fingerprint density at radius 1 is 0.707 bits per heavy atom. The fraction of sp³-hybridized carbons (Fsp3) is 0.333. The minimum atomic E-state index is -1.16. The Balaban J connectivity index is 1.44. The molecule has 6 atom stereocenters. The molecule has 1 saturated heterocycles.